The summed E-state index contributed by atoms with van der Waals surface area (Å²) in [6, 6.07) is 0.336. The Bertz CT molecular complexity index is 408. The van der Waals surface area contributed by atoms with Gasteiger partial charge in [0.15, 0.2) is 5.82 Å². The van der Waals surface area contributed by atoms with Crippen molar-refractivity contribution < 1.29 is 4.52 Å². The largest absolute Gasteiger partial charge is 0.338 e. The van der Waals surface area contributed by atoms with Crippen molar-refractivity contribution in [2.24, 2.45) is 0 Å². The van der Waals surface area contributed by atoms with Crippen molar-refractivity contribution in [3.8, 4) is 0 Å². The van der Waals surface area contributed by atoms with Crippen molar-refractivity contribution in [1.29, 1.82) is 0 Å². The van der Waals surface area contributed by atoms with E-state index in [1.165, 1.54) is 6.42 Å². The molecule has 1 saturated heterocycles. The first-order chi connectivity index (χ1) is 9.61. The van der Waals surface area contributed by atoms with Gasteiger partial charge in [0.25, 0.3) is 0 Å². The van der Waals surface area contributed by atoms with Gasteiger partial charge in [0.2, 0.25) is 5.89 Å². The maximum absolute atomic E-state index is 5.43. The number of hydrogen-bond acceptors (Lipinski definition) is 6. The molecule has 114 valence electrons. The molecule has 1 N–H and O–H groups in total. The SMILES string of the molecule is CCCNC(C)c1nc(C2CN(C)CCCN2C)no1. The first-order valence-electron chi connectivity index (χ1n) is 7.57. The van der Waals surface area contributed by atoms with Crippen LogP contribution in [0.15, 0.2) is 4.52 Å². The van der Waals surface area contributed by atoms with Crippen LogP contribution in [0.2, 0.25) is 0 Å². The molecular formula is C14H27N5O. The van der Waals surface area contributed by atoms with Gasteiger partial charge in [-0.2, -0.15) is 4.98 Å². The van der Waals surface area contributed by atoms with E-state index < -0.39 is 0 Å². The molecule has 0 spiro atoms. The summed E-state index contributed by atoms with van der Waals surface area (Å²) >= 11 is 0. The van der Waals surface area contributed by atoms with Gasteiger partial charge >= 0.3 is 0 Å². The van der Waals surface area contributed by atoms with E-state index in [0.717, 1.165) is 38.4 Å². The third-order valence-electron chi connectivity index (χ3n) is 3.89. The van der Waals surface area contributed by atoms with Crippen molar-refractivity contribution in [3.05, 3.63) is 11.7 Å². The van der Waals surface area contributed by atoms with Crippen LogP contribution < -0.4 is 5.32 Å². The van der Waals surface area contributed by atoms with Crippen LogP contribution in [-0.4, -0.2) is 60.2 Å². The van der Waals surface area contributed by atoms with Gasteiger partial charge in [-0.05, 0) is 53.5 Å². The fraction of sp³-hybridized carbons (Fsp3) is 0.857. The van der Waals surface area contributed by atoms with Gasteiger partial charge in [0.05, 0.1) is 12.1 Å². The molecule has 1 aliphatic rings. The predicted molar refractivity (Wildman–Crippen MR) is 78.5 cm³/mol. The van der Waals surface area contributed by atoms with E-state index in [9.17, 15) is 0 Å². The Kier molecular flexibility index (Phi) is 5.51. The van der Waals surface area contributed by atoms with Crippen LogP contribution >= 0.6 is 0 Å². The molecule has 2 atom stereocenters. The normalized spacial score (nSPS) is 23.7. The topological polar surface area (TPSA) is 57.4 Å². The van der Waals surface area contributed by atoms with E-state index in [0.29, 0.717) is 5.89 Å². The predicted octanol–water partition coefficient (Wildman–Crippen LogP) is 1.44. The average molecular weight is 281 g/mol. The minimum Gasteiger partial charge on any atom is -0.338 e. The van der Waals surface area contributed by atoms with Crippen LogP contribution in [0.25, 0.3) is 0 Å². The number of likely N-dealkylation sites (N-methyl/N-ethyl adjacent to an activating group) is 2. The molecule has 6 heteroatoms. The average Bonchev–Trinajstić information content (AvgIpc) is 2.85. The lowest BCUT2D eigenvalue weighted by atomic mass is 10.2. The lowest BCUT2D eigenvalue weighted by Gasteiger charge is -2.24. The first-order valence-corrected chi connectivity index (χ1v) is 7.57. The second kappa shape index (κ2) is 7.15. The number of hydrogen-bond donors (Lipinski definition) is 1. The van der Waals surface area contributed by atoms with E-state index in [1.54, 1.807) is 0 Å². The molecule has 0 amide bonds. The Labute approximate surface area is 121 Å². The van der Waals surface area contributed by atoms with Crippen molar-refractivity contribution >= 4 is 0 Å². The number of rotatable bonds is 5. The first kappa shape index (κ1) is 15.4. The molecular weight excluding hydrogens is 254 g/mol. The van der Waals surface area contributed by atoms with Crippen LogP contribution in [0, 0.1) is 0 Å². The molecule has 6 nitrogen and oxygen atoms in total. The highest BCUT2D eigenvalue weighted by Crippen LogP contribution is 2.22. The number of nitrogens with zero attached hydrogens (tertiary/aromatic N) is 4. The molecule has 2 heterocycles. The zero-order valence-corrected chi connectivity index (χ0v) is 13.1. The highest BCUT2D eigenvalue weighted by molar-refractivity contribution is 4.99. The standard InChI is InChI=1S/C14H27N5O/c1-5-7-15-11(2)14-16-13(17-20-14)12-10-18(3)8-6-9-19(12)4/h11-12,15H,5-10H2,1-4H3. The van der Waals surface area contributed by atoms with E-state index in [2.05, 4.69) is 53.2 Å². The fourth-order valence-electron chi connectivity index (χ4n) is 2.56. The fourth-order valence-corrected chi connectivity index (χ4v) is 2.56. The maximum Gasteiger partial charge on any atom is 0.243 e. The Hall–Kier alpha value is -0.980. The summed E-state index contributed by atoms with van der Waals surface area (Å²) in [5.41, 5.74) is 0. The Morgan fingerprint density at radius 1 is 1.40 bits per heavy atom. The Balaban J connectivity index is 2.06. The summed E-state index contributed by atoms with van der Waals surface area (Å²) in [6.07, 6.45) is 2.28. The molecule has 0 bridgehead atoms. The van der Waals surface area contributed by atoms with Crippen molar-refractivity contribution in [1.82, 2.24) is 25.3 Å². The molecule has 0 aromatic carbocycles. The van der Waals surface area contributed by atoms with Crippen LogP contribution in [0.3, 0.4) is 0 Å². The lowest BCUT2D eigenvalue weighted by Crippen LogP contribution is -2.31. The number of aromatic nitrogens is 2. The maximum atomic E-state index is 5.43. The van der Waals surface area contributed by atoms with E-state index in [1.807, 2.05) is 0 Å². The van der Waals surface area contributed by atoms with Crippen molar-refractivity contribution in [2.45, 2.75) is 38.8 Å². The molecule has 1 aromatic rings. The monoisotopic (exact) mass is 281 g/mol. The highest BCUT2D eigenvalue weighted by atomic mass is 16.5. The number of nitrogens with one attached hydrogen (secondary N) is 1. The second-order valence-corrected chi connectivity index (χ2v) is 5.78. The lowest BCUT2D eigenvalue weighted by molar-refractivity contribution is 0.214. The summed E-state index contributed by atoms with van der Waals surface area (Å²) < 4.78 is 5.43. The highest BCUT2D eigenvalue weighted by Gasteiger charge is 2.27. The molecule has 2 unspecified atom stereocenters. The summed E-state index contributed by atoms with van der Waals surface area (Å²) in [5.74, 6) is 1.50. The molecule has 20 heavy (non-hydrogen) atoms. The molecule has 0 radical (unpaired) electrons. The molecule has 1 fully saturated rings. The summed E-state index contributed by atoms with van der Waals surface area (Å²) in [5, 5.41) is 7.58. The van der Waals surface area contributed by atoms with Gasteiger partial charge in [-0.15, -0.1) is 0 Å². The van der Waals surface area contributed by atoms with Crippen LogP contribution in [0.5, 0.6) is 0 Å². The zero-order chi connectivity index (χ0) is 14.5. The summed E-state index contributed by atoms with van der Waals surface area (Å²) in [6.45, 7) is 8.32. The quantitative estimate of drug-likeness (QED) is 0.881. The molecule has 1 aliphatic heterocycles. The van der Waals surface area contributed by atoms with Crippen molar-refractivity contribution in [2.75, 3.05) is 40.3 Å². The minimum absolute atomic E-state index is 0.116. The van der Waals surface area contributed by atoms with Crippen molar-refractivity contribution in [3.63, 3.8) is 0 Å². The zero-order valence-electron chi connectivity index (χ0n) is 13.1. The Morgan fingerprint density at radius 2 is 2.20 bits per heavy atom. The van der Waals surface area contributed by atoms with E-state index in [4.69, 9.17) is 4.52 Å². The smallest absolute Gasteiger partial charge is 0.243 e. The second-order valence-electron chi connectivity index (χ2n) is 5.78. The van der Waals surface area contributed by atoms with Crippen LogP contribution in [0.1, 0.15) is 50.5 Å². The van der Waals surface area contributed by atoms with Crippen LogP contribution in [0.4, 0.5) is 0 Å². The molecule has 0 aliphatic carbocycles. The third kappa shape index (κ3) is 3.77. The van der Waals surface area contributed by atoms with Gasteiger partial charge in [-0.25, -0.2) is 0 Å². The summed E-state index contributed by atoms with van der Waals surface area (Å²) in [7, 11) is 4.29. The van der Waals surface area contributed by atoms with Crippen LogP contribution in [-0.2, 0) is 0 Å². The molecule has 0 saturated carbocycles. The van der Waals surface area contributed by atoms with E-state index in [-0.39, 0.29) is 12.1 Å². The summed E-state index contributed by atoms with van der Waals surface area (Å²) in [4.78, 5) is 9.26. The van der Waals surface area contributed by atoms with E-state index >= 15 is 0 Å². The molecule has 1 aromatic heterocycles. The minimum atomic E-state index is 0.116. The Morgan fingerprint density at radius 3 is 2.95 bits per heavy atom. The third-order valence-corrected chi connectivity index (χ3v) is 3.89. The van der Waals surface area contributed by atoms with Gasteiger partial charge in [-0.1, -0.05) is 12.1 Å². The molecule has 2 rings (SSSR count). The van der Waals surface area contributed by atoms with Gasteiger partial charge in [0, 0.05) is 6.54 Å². The van der Waals surface area contributed by atoms with Gasteiger partial charge in [0.1, 0.15) is 0 Å². The van der Waals surface area contributed by atoms with Gasteiger partial charge in [-0.3, -0.25) is 4.90 Å². The van der Waals surface area contributed by atoms with Gasteiger partial charge < -0.3 is 14.7 Å².